The van der Waals surface area contributed by atoms with Crippen LogP contribution in [0.5, 0.6) is 0 Å². The third kappa shape index (κ3) is 6.43. The maximum absolute atomic E-state index is 16.6. The van der Waals surface area contributed by atoms with Crippen molar-refractivity contribution < 1.29 is 23.5 Å². The predicted molar refractivity (Wildman–Crippen MR) is 132 cm³/mol. The summed E-state index contributed by atoms with van der Waals surface area (Å²) in [4.78, 5) is 26.5. The number of rotatable bonds is 14. The molecule has 0 fully saturated rings. The minimum absolute atomic E-state index is 0.0612. The highest BCUT2D eigenvalue weighted by Gasteiger charge is 2.60. The van der Waals surface area contributed by atoms with Crippen molar-refractivity contribution in [3.8, 4) is 0 Å². The number of esters is 2. The zero-order valence-electron chi connectivity index (χ0n) is 20.2. The van der Waals surface area contributed by atoms with Gasteiger partial charge in [-0.25, -0.2) is 9.18 Å². The van der Waals surface area contributed by atoms with Gasteiger partial charge in [-0.3, -0.25) is 4.79 Å². The second kappa shape index (κ2) is 12.9. The summed E-state index contributed by atoms with van der Waals surface area (Å²) < 4.78 is 27.6. The van der Waals surface area contributed by atoms with Gasteiger partial charge in [-0.05, 0) is 37.3 Å². The highest BCUT2D eigenvalue weighted by atomic mass is 19.1. The molecule has 2 rings (SSSR count). The molecule has 0 aliphatic rings. The number of benzene rings is 2. The Bertz CT molecular complexity index is 927. The quantitative estimate of drug-likeness (QED) is 0.228. The normalized spacial score (nSPS) is 13.9. The van der Waals surface area contributed by atoms with Gasteiger partial charge in [0.2, 0.25) is 5.67 Å². The van der Waals surface area contributed by atoms with Gasteiger partial charge in [0.15, 0.2) is 0 Å². The first-order valence-electron chi connectivity index (χ1n) is 11.6. The smallest absolute Gasteiger partial charge is 0.344 e. The average molecular weight is 467 g/mol. The van der Waals surface area contributed by atoms with Gasteiger partial charge in [-0.2, -0.15) is 0 Å². The van der Waals surface area contributed by atoms with Crippen LogP contribution in [0.15, 0.2) is 86.0 Å². The summed E-state index contributed by atoms with van der Waals surface area (Å²) in [6.07, 6.45) is 4.20. The highest BCUT2D eigenvalue weighted by molar-refractivity contribution is 5.83. The first-order valence-corrected chi connectivity index (χ1v) is 11.6. The van der Waals surface area contributed by atoms with Crippen molar-refractivity contribution in [1.82, 2.24) is 0 Å². The van der Waals surface area contributed by atoms with Crippen LogP contribution in [0.25, 0.3) is 0 Å². The molecule has 0 bridgehead atoms. The van der Waals surface area contributed by atoms with Crippen molar-refractivity contribution in [3.63, 3.8) is 0 Å². The minimum atomic E-state index is -2.49. The third-order valence-electron chi connectivity index (χ3n) is 6.30. The van der Waals surface area contributed by atoms with Crippen LogP contribution in [0.1, 0.15) is 50.7 Å². The van der Waals surface area contributed by atoms with E-state index in [1.807, 2.05) is 55.5 Å². The molecule has 0 aliphatic heterocycles. The van der Waals surface area contributed by atoms with E-state index in [2.05, 4.69) is 13.2 Å². The summed E-state index contributed by atoms with van der Waals surface area (Å²) in [6, 6.07) is 18.4. The predicted octanol–water partition coefficient (Wildman–Crippen LogP) is 6.76. The largest absolute Gasteiger partial charge is 0.461 e. The van der Waals surface area contributed by atoms with E-state index >= 15 is 4.39 Å². The van der Waals surface area contributed by atoms with E-state index in [9.17, 15) is 9.59 Å². The third-order valence-corrected chi connectivity index (χ3v) is 6.30. The van der Waals surface area contributed by atoms with E-state index in [4.69, 9.17) is 9.47 Å². The molecule has 0 saturated heterocycles. The summed E-state index contributed by atoms with van der Waals surface area (Å²) in [5.74, 6) is -2.46. The zero-order valence-corrected chi connectivity index (χ0v) is 20.2. The van der Waals surface area contributed by atoms with Gasteiger partial charge in [-0.1, -0.05) is 86.2 Å². The standard InChI is InChI=1S/C29H35FO4/c1-5-14-25(26(31)33-21-23-15-10-8-11-16-23)29(19-6-2,20-7-3)28(4,30)27(32)34-22-24-17-12-9-13-18-24/h6-13,15-18,25H,2-3,5,14,19-22H2,1,4H3. The van der Waals surface area contributed by atoms with E-state index in [-0.39, 0.29) is 26.1 Å². The van der Waals surface area contributed by atoms with Crippen molar-refractivity contribution in [2.75, 3.05) is 0 Å². The molecule has 0 aliphatic carbocycles. The van der Waals surface area contributed by atoms with Gasteiger partial charge in [0.05, 0.1) is 5.92 Å². The maximum atomic E-state index is 16.6. The Hall–Kier alpha value is -3.21. The van der Waals surface area contributed by atoms with Crippen molar-refractivity contribution >= 4 is 11.9 Å². The van der Waals surface area contributed by atoms with Crippen LogP contribution in [-0.2, 0) is 32.3 Å². The number of halogens is 1. The lowest BCUT2D eigenvalue weighted by atomic mass is 9.60. The first-order chi connectivity index (χ1) is 16.3. The number of carbonyl (C=O) groups is 2. The minimum Gasteiger partial charge on any atom is -0.461 e. The van der Waals surface area contributed by atoms with Crippen LogP contribution >= 0.6 is 0 Å². The second-order valence-electron chi connectivity index (χ2n) is 8.64. The summed E-state index contributed by atoms with van der Waals surface area (Å²) >= 11 is 0. The van der Waals surface area contributed by atoms with Crippen molar-refractivity contribution in [2.24, 2.45) is 11.3 Å². The number of carbonyl (C=O) groups excluding carboxylic acids is 2. The van der Waals surface area contributed by atoms with E-state index in [0.717, 1.165) is 11.1 Å². The van der Waals surface area contributed by atoms with Crippen molar-refractivity contribution in [1.29, 1.82) is 0 Å². The van der Waals surface area contributed by atoms with E-state index < -0.39 is 28.9 Å². The van der Waals surface area contributed by atoms with E-state index in [1.165, 1.54) is 6.92 Å². The summed E-state index contributed by atoms with van der Waals surface area (Å²) in [5.41, 5.74) is -2.37. The number of hydrogen-bond donors (Lipinski definition) is 0. The SMILES string of the molecule is C=CCC(CC=C)(C(CCC)C(=O)OCc1ccccc1)C(C)(F)C(=O)OCc1ccccc1. The van der Waals surface area contributed by atoms with Crippen LogP contribution in [0, 0.1) is 11.3 Å². The Morgan fingerprint density at radius 3 is 1.82 bits per heavy atom. The molecule has 4 nitrogen and oxygen atoms in total. The number of allylic oxidation sites excluding steroid dienone is 2. The lowest BCUT2D eigenvalue weighted by molar-refractivity contribution is -0.180. The van der Waals surface area contributed by atoms with Gasteiger partial charge >= 0.3 is 11.9 Å². The number of ether oxygens (including phenoxy) is 2. The molecule has 34 heavy (non-hydrogen) atoms. The molecule has 0 N–H and O–H groups in total. The fourth-order valence-electron chi connectivity index (χ4n) is 4.39. The van der Waals surface area contributed by atoms with Crippen molar-refractivity contribution in [3.05, 3.63) is 97.1 Å². The molecule has 0 heterocycles. The van der Waals surface area contributed by atoms with Gasteiger partial charge in [0, 0.05) is 5.41 Å². The molecule has 0 saturated carbocycles. The molecule has 2 aromatic rings. The summed E-state index contributed by atoms with van der Waals surface area (Å²) in [7, 11) is 0. The van der Waals surface area contributed by atoms with Crippen LogP contribution in [0.3, 0.4) is 0 Å². The average Bonchev–Trinajstić information content (AvgIpc) is 2.85. The molecule has 0 aromatic heterocycles. The molecular formula is C29H35FO4. The van der Waals surface area contributed by atoms with Crippen LogP contribution < -0.4 is 0 Å². The van der Waals surface area contributed by atoms with Gasteiger partial charge < -0.3 is 9.47 Å². The molecule has 2 aromatic carbocycles. The van der Waals surface area contributed by atoms with E-state index in [1.54, 1.807) is 24.3 Å². The Balaban J connectivity index is 2.36. The van der Waals surface area contributed by atoms with E-state index in [0.29, 0.717) is 12.8 Å². The molecular weight excluding hydrogens is 431 g/mol. The molecule has 2 unspecified atom stereocenters. The number of hydrogen-bond acceptors (Lipinski definition) is 4. The summed E-state index contributed by atoms with van der Waals surface area (Å²) in [6.45, 7) is 10.7. The van der Waals surface area contributed by atoms with Crippen LogP contribution in [-0.4, -0.2) is 17.6 Å². The lowest BCUT2D eigenvalue weighted by Crippen LogP contribution is -2.55. The fourth-order valence-corrected chi connectivity index (χ4v) is 4.39. The van der Waals surface area contributed by atoms with Crippen LogP contribution in [0.4, 0.5) is 4.39 Å². The maximum Gasteiger partial charge on any atom is 0.344 e. The Morgan fingerprint density at radius 2 is 1.38 bits per heavy atom. The Labute approximate surface area is 202 Å². The Morgan fingerprint density at radius 1 is 0.912 bits per heavy atom. The molecule has 0 radical (unpaired) electrons. The second-order valence-corrected chi connectivity index (χ2v) is 8.64. The molecule has 0 spiro atoms. The molecule has 2 atom stereocenters. The first kappa shape index (κ1) is 27.0. The van der Waals surface area contributed by atoms with Gasteiger partial charge in [0.1, 0.15) is 13.2 Å². The van der Waals surface area contributed by atoms with Gasteiger partial charge in [0.25, 0.3) is 0 Å². The molecule has 0 amide bonds. The monoisotopic (exact) mass is 466 g/mol. The topological polar surface area (TPSA) is 52.6 Å². The lowest BCUT2D eigenvalue weighted by Gasteiger charge is -2.45. The molecule has 5 heteroatoms. The van der Waals surface area contributed by atoms with Crippen molar-refractivity contribution in [2.45, 2.75) is 58.4 Å². The Kier molecular flexibility index (Phi) is 10.2. The highest BCUT2D eigenvalue weighted by Crippen LogP contribution is 2.51. The van der Waals surface area contributed by atoms with Crippen LogP contribution in [0.2, 0.25) is 0 Å². The van der Waals surface area contributed by atoms with Gasteiger partial charge in [-0.15, -0.1) is 13.2 Å². The number of alkyl halides is 1. The fraction of sp³-hybridized carbons (Fsp3) is 0.379. The summed E-state index contributed by atoms with van der Waals surface area (Å²) in [5, 5.41) is 0. The molecule has 182 valence electrons. The zero-order chi connectivity index (χ0) is 25.0.